The summed E-state index contributed by atoms with van der Waals surface area (Å²) in [5.41, 5.74) is 0.954. The van der Waals surface area contributed by atoms with E-state index in [1.54, 1.807) is 13.4 Å². The Balaban J connectivity index is 2.21. The van der Waals surface area contributed by atoms with E-state index in [0.717, 1.165) is 17.7 Å². The van der Waals surface area contributed by atoms with Gasteiger partial charge in [0.1, 0.15) is 11.9 Å². The van der Waals surface area contributed by atoms with Gasteiger partial charge in [0.05, 0.1) is 13.7 Å². The Morgan fingerprint density at radius 1 is 1.48 bits per heavy atom. The molecule has 3 unspecified atom stereocenters. The molecule has 116 valence electrons. The summed E-state index contributed by atoms with van der Waals surface area (Å²) >= 11 is 0. The molecule has 0 radical (unpaired) electrons. The fourth-order valence-electron chi connectivity index (χ4n) is 2.65. The van der Waals surface area contributed by atoms with E-state index in [4.69, 9.17) is 4.74 Å². The lowest BCUT2D eigenvalue weighted by atomic mass is 10.1. The molecule has 1 N–H and O–H groups in total. The van der Waals surface area contributed by atoms with Crippen molar-refractivity contribution in [1.29, 1.82) is 0 Å². The van der Waals surface area contributed by atoms with Crippen molar-refractivity contribution >= 4 is 16.7 Å². The molecule has 1 aliphatic heterocycles. The monoisotopic (exact) mass is 310 g/mol. The topological polar surface area (TPSA) is 58.6 Å². The van der Waals surface area contributed by atoms with Crippen LogP contribution in [0.2, 0.25) is 0 Å². The summed E-state index contributed by atoms with van der Waals surface area (Å²) in [7, 11) is 0.786. The second-order valence-electron chi connectivity index (χ2n) is 5.24. The van der Waals surface area contributed by atoms with Crippen LogP contribution in [0.4, 0.5) is 0 Å². The van der Waals surface area contributed by atoms with Gasteiger partial charge in [-0.3, -0.25) is 14.3 Å². The normalized spacial score (nSPS) is 21.4. The van der Waals surface area contributed by atoms with Gasteiger partial charge in [0.15, 0.2) is 0 Å². The van der Waals surface area contributed by atoms with Crippen molar-refractivity contribution in [2.75, 3.05) is 25.7 Å². The van der Waals surface area contributed by atoms with Crippen molar-refractivity contribution in [3.8, 4) is 5.75 Å². The molecule has 3 atom stereocenters. The molecule has 1 fully saturated rings. The second kappa shape index (κ2) is 7.04. The van der Waals surface area contributed by atoms with Gasteiger partial charge in [-0.2, -0.15) is 0 Å². The van der Waals surface area contributed by atoms with Crippen LogP contribution in [0.3, 0.4) is 0 Å². The largest absolute Gasteiger partial charge is 0.496 e. The highest BCUT2D eigenvalue weighted by molar-refractivity contribution is 7.84. The van der Waals surface area contributed by atoms with Crippen molar-refractivity contribution in [1.82, 2.24) is 10.2 Å². The first-order valence-electron chi connectivity index (χ1n) is 7.02. The number of rotatable bonds is 6. The summed E-state index contributed by atoms with van der Waals surface area (Å²) in [4.78, 5) is 14.0. The van der Waals surface area contributed by atoms with Crippen LogP contribution in [0.15, 0.2) is 24.3 Å². The summed E-state index contributed by atoms with van der Waals surface area (Å²) in [5, 5.41) is 3.24. The standard InChI is InChI=1S/C15H22N2O3S/c1-11(8-9-21(3)19)17-14(18)10-16-15(17)12-6-4-5-7-13(12)20-2/h4-7,11,15-16H,8-10H2,1-3H3. The van der Waals surface area contributed by atoms with Crippen LogP contribution in [0.5, 0.6) is 5.75 Å². The first-order valence-corrected chi connectivity index (χ1v) is 8.74. The molecule has 6 heteroatoms. The quantitative estimate of drug-likeness (QED) is 0.860. The summed E-state index contributed by atoms with van der Waals surface area (Å²) in [6.45, 7) is 2.32. The highest BCUT2D eigenvalue weighted by Crippen LogP contribution is 2.31. The lowest BCUT2D eigenvalue weighted by Crippen LogP contribution is -2.38. The zero-order valence-electron chi connectivity index (χ0n) is 12.7. The molecule has 5 nitrogen and oxygen atoms in total. The van der Waals surface area contributed by atoms with Gasteiger partial charge in [-0.05, 0) is 19.4 Å². The molecule has 1 amide bonds. The Morgan fingerprint density at radius 2 is 2.19 bits per heavy atom. The van der Waals surface area contributed by atoms with Gasteiger partial charge in [0, 0.05) is 34.4 Å². The summed E-state index contributed by atoms with van der Waals surface area (Å²) < 4.78 is 16.7. The number of ether oxygens (including phenoxy) is 1. The summed E-state index contributed by atoms with van der Waals surface area (Å²) in [6.07, 6.45) is 2.23. The van der Waals surface area contributed by atoms with Gasteiger partial charge in [-0.1, -0.05) is 18.2 Å². The Kier molecular flexibility index (Phi) is 5.36. The summed E-state index contributed by atoms with van der Waals surface area (Å²) in [5.74, 6) is 1.44. The van der Waals surface area contributed by atoms with Crippen LogP contribution in [0.1, 0.15) is 25.1 Å². The predicted molar refractivity (Wildman–Crippen MR) is 83.6 cm³/mol. The van der Waals surface area contributed by atoms with Crippen molar-refractivity contribution in [2.45, 2.75) is 25.6 Å². The third-order valence-corrected chi connectivity index (χ3v) is 4.55. The fraction of sp³-hybridized carbons (Fsp3) is 0.533. The molecule has 21 heavy (non-hydrogen) atoms. The van der Waals surface area contributed by atoms with E-state index < -0.39 is 10.8 Å². The molecule has 0 saturated carbocycles. The predicted octanol–water partition coefficient (Wildman–Crippen LogP) is 1.28. The molecule has 0 aliphatic carbocycles. The first-order chi connectivity index (χ1) is 10.0. The van der Waals surface area contributed by atoms with E-state index >= 15 is 0 Å². The SMILES string of the molecule is COc1ccccc1C1NCC(=O)N1C(C)CCS(C)=O. The Hall–Kier alpha value is -1.40. The van der Waals surface area contributed by atoms with Gasteiger partial charge in [0.2, 0.25) is 5.91 Å². The van der Waals surface area contributed by atoms with Crippen molar-refractivity contribution in [3.05, 3.63) is 29.8 Å². The molecular formula is C15H22N2O3S. The number of benzene rings is 1. The van der Waals surface area contributed by atoms with Crippen molar-refractivity contribution in [3.63, 3.8) is 0 Å². The number of para-hydroxylation sites is 1. The number of amides is 1. The number of nitrogens with zero attached hydrogens (tertiary/aromatic N) is 1. The minimum Gasteiger partial charge on any atom is -0.496 e. The first kappa shape index (κ1) is 16.0. The van der Waals surface area contributed by atoms with Crippen LogP contribution in [-0.4, -0.2) is 46.7 Å². The maximum Gasteiger partial charge on any atom is 0.238 e. The van der Waals surface area contributed by atoms with Crippen LogP contribution in [0.25, 0.3) is 0 Å². The lowest BCUT2D eigenvalue weighted by molar-refractivity contribution is -0.130. The fourth-order valence-corrected chi connectivity index (χ4v) is 3.32. The zero-order chi connectivity index (χ0) is 15.4. The number of methoxy groups -OCH3 is 1. The average molecular weight is 310 g/mol. The van der Waals surface area contributed by atoms with E-state index in [1.165, 1.54) is 0 Å². The van der Waals surface area contributed by atoms with Crippen LogP contribution >= 0.6 is 0 Å². The van der Waals surface area contributed by atoms with Gasteiger partial charge in [-0.15, -0.1) is 0 Å². The number of carbonyl (C=O) groups excluding carboxylic acids is 1. The molecule has 0 bridgehead atoms. The Labute approximate surface area is 128 Å². The minimum atomic E-state index is -0.842. The van der Waals surface area contributed by atoms with E-state index in [2.05, 4.69) is 5.32 Å². The van der Waals surface area contributed by atoms with E-state index in [-0.39, 0.29) is 18.1 Å². The molecule has 0 aromatic heterocycles. The maximum atomic E-state index is 12.2. The number of hydrogen-bond acceptors (Lipinski definition) is 4. The molecule has 1 aromatic rings. The van der Waals surface area contributed by atoms with Gasteiger partial charge in [-0.25, -0.2) is 0 Å². The number of nitrogens with one attached hydrogen (secondary N) is 1. The minimum absolute atomic E-state index is 0.0336. The highest BCUT2D eigenvalue weighted by Gasteiger charge is 2.36. The van der Waals surface area contributed by atoms with Gasteiger partial charge >= 0.3 is 0 Å². The third-order valence-electron chi connectivity index (χ3n) is 3.74. The summed E-state index contributed by atoms with van der Waals surface area (Å²) in [6, 6.07) is 7.74. The van der Waals surface area contributed by atoms with Crippen molar-refractivity contribution < 1.29 is 13.7 Å². The smallest absolute Gasteiger partial charge is 0.238 e. The van der Waals surface area contributed by atoms with E-state index in [1.807, 2.05) is 36.1 Å². The molecule has 1 saturated heterocycles. The third kappa shape index (κ3) is 3.63. The van der Waals surface area contributed by atoms with E-state index in [9.17, 15) is 9.00 Å². The molecule has 1 aromatic carbocycles. The second-order valence-corrected chi connectivity index (χ2v) is 6.80. The molecule has 0 spiro atoms. The van der Waals surface area contributed by atoms with Gasteiger partial charge < -0.3 is 9.64 Å². The number of carbonyl (C=O) groups is 1. The zero-order valence-corrected chi connectivity index (χ0v) is 13.5. The van der Waals surface area contributed by atoms with Crippen molar-refractivity contribution in [2.24, 2.45) is 0 Å². The molecule has 1 aliphatic rings. The average Bonchev–Trinajstić information content (AvgIpc) is 2.86. The van der Waals surface area contributed by atoms with E-state index in [0.29, 0.717) is 12.3 Å². The maximum absolute atomic E-state index is 12.2. The Bertz CT molecular complexity index is 535. The molecule has 2 rings (SSSR count). The molecular weight excluding hydrogens is 288 g/mol. The molecule has 1 heterocycles. The highest BCUT2D eigenvalue weighted by atomic mass is 32.2. The lowest BCUT2D eigenvalue weighted by Gasteiger charge is -2.31. The Morgan fingerprint density at radius 3 is 2.86 bits per heavy atom. The van der Waals surface area contributed by atoms with Crippen LogP contribution in [0, 0.1) is 0 Å². The van der Waals surface area contributed by atoms with Gasteiger partial charge in [0.25, 0.3) is 0 Å². The van der Waals surface area contributed by atoms with Crippen LogP contribution in [-0.2, 0) is 15.6 Å². The number of hydrogen-bond donors (Lipinski definition) is 1. The van der Waals surface area contributed by atoms with Crippen LogP contribution < -0.4 is 10.1 Å².